The van der Waals surface area contributed by atoms with Gasteiger partial charge in [0.1, 0.15) is 0 Å². The quantitative estimate of drug-likeness (QED) is 0.782. The fourth-order valence-corrected chi connectivity index (χ4v) is 3.72. The molecule has 0 aliphatic carbocycles. The first-order chi connectivity index (χ1) is 11.9. The van der Waals surface area contributed by atoms with Crippen molar-refractivity contribution in [3.63, 3.8) is 0 Å². The maximum Gasteiger partial charge on any atom is 0.253 e. The number of carbonyl (C=O) groups is 2. The third kappa shape index (κ3) is 5.34. The minimum atomic E-state index is -0.0487. The largest absolute Gasteiger partial charge is 0.337 e. The molecule has 0 fully saturated rings. The van der Waals surface area contributed by atoms with Crippen molar-refractivity contribution in [1.29, 1.82) is 0 Å². The van der Waals surface area contributed by atoms with Gasteiger partial charge in [-0.05, 0) is 54.8 Å². The molecule has 0 atom stereocenters. The Morgan fingerprint density at radius 1 is 1.20 bits per heavy atom. The molecule has 0 aliphatic heterocycles. The molecule has 0 radical (unpaired) electrons. The predicted octanol–water partition coefficient (Wildman–Crippen LogP) is 4.33. The highest BCUT2D eigenvalue weighted by Crippen LogP contribution is 2.21. The molecule has 4 nitrogen and oxygen atoms in total. The number of thioether (sulfide) groups is 1. The Balaban J connectivity index is 2.10. The first-order valence-electron chi connectivity index (χ1n) is 8.10. The lowest BCUT2D eigenvalue weighted by Gasteiger charge is -2.18. The van der Waals surface area contributed by atoms with Crippen molar-refractivity contribution in [2.45, 2.75) is 26.8 Å². The van der Waals surface area contributed by atoms with Gasteiger partial charge in [-0.3, -0.25) is 9.59 Å². The second-order valence-electron chi connectivity index (χ2n) is 6.01. The van der Waals surface area contributed by atoms with E-state index in [0.29, 0.717) is 24.2 Å². The van der Waals surface area contributed by atoms with Gasteiger partial charge in [-0.2, -0.15) is 11.8 Å². The van der Waals surface area contributed by atoms with Crippen LogP contribution in [0.2, 0.25) is 0 Å². The van der Waals surface area contributed by atoms with Crippen LogP contribution in [-0.4, -0.2) is 35.8 Å². The third-order valence-corrected chi connectivity index (χ3v) is 5.61. The van der Waals surface area contributed by atoms with Gasteiger partial charge in [-0.15, -0.1) is 11.3 Å². The molecular weight excluding hydrogens is 352 g/mol. The summed E-state index contributed by atoms with van der Waals surface area (Å²) < 4.78 is 0. The van der Waals surface area contributed by atoms with Crippen LogP contribution in [0.4, 0.5) is 5.69 Å². The van der Waals surface area contributed by atoms with E-state index in [0.717, 1.165) is 11.3 Å². The van der Waals surface area contributed by atoms with E-state index >= 15 is 0 Å². The Bertz CT molecular complexity index is 756. The van der Waals surface area contributed by atoms with E-state index in [4.69, 9.17) is 0 Å². The summed E-state index contributed by atoms with van der Waals surface area (Å²) in [6, 6.07) is 7.52. The minimum Gasteiger partial charge on any atom is -0.337 e. The second-order valence-corrected chi connectivity index (χ2v) is 7.99. The number of nitrogens with zero attached hydrogens (tertiary/aromatic N) is 1. The fraction of sp³-hybridized carbons (Fsp3) is 0.368. The average Bonchev–Trinajstić information content (AvgIpc) is 2.99. The molecule has 134 valence electrons. The molecule has 0 spiro atoms. The Labute approximate surface area is 157 Å². The smallest absolute Gasteiger partial charge is 0.253 e. The molecule has 2 rings (SSSR count). The van der Waals surface area contributed by atoms with Crippen molar-refractivity contribution in [2.75, 3.05) is 24.4 Å². The van der Waals surface area contributed by atoms with Crippen LogP contribution in [0.5, 0.6) is 0 Å². The van der Waals surface area contributed by atoms with E-state index in [9.17, 15) is 9.59 Å². The molecule has 0 saturated heterocycles. The summed E-state index contributed by atoms with van der Waals surface area (Å²) in [4.78, 5) is 27.6. The van der Waals surface area contributed by atoms with Crippen molar-refractivity contribution >= 4 is 40.6 Å². The number of hydrogen-bond acceptors (Lipinski definition) is 4. The van der Waals surface area contributed by atoms with E-state index in [1.807, 2.05) is 30.7 Å². The van der Waals surface area contributed by atoms with Gasteiger partial charge in [0.25, 0.3) is 5.91 Å². The minimum absolute atomic E-state index is 0.0235. The fourth-order valence-electron chi connectivity index (χ4n) is 2.37. The average molecular weight is 377 g/mol. The highest BCUT2D eigenvalue weighted by atomic mass is 32.2. The number of rotatable bonds is 7. The number of aryl methyl sites for hydroxylation is 2. The van der Waals surface area contributed by atoms with Gasteiger partial charge < -0.3 is 10.2 Å². The molecule has 1 heterocycles. The molecule has 0 bridgehead atoms. The first kappa shape index (κ1) is 19.5. The van der Waals surface area contributed by atoms with Crippen molar-refractivity contribution in [3.05, 3.63) is 51.2 Å². The first-order valence-corrected chi connectivity index (χ1v) is 10.4. The zero-order chi connectivity index (χ0) is 18.4. The van der Waals surface area contributed by atoms with Crippen LogP contribution in [0.25, 0.3) is 0 Å². The summed E-state index contributed by atoms with van der Waals surface area (Å²) in [5.74, 6) is 0.712. The molecule has 0 aliphatic rings. The maximum absolute atomic E-state index is 12.7. The highest BCUT2D eigenvalue weighted by molar-refractivity contribution is 7.98. The van der Waals surface area contributed by atoms with Gasteiger partial charge in [-0.1, -0.05) is 6.07 Å². The summed E-state index contributed by atoms with van der Waals surface area (Å²) in [6.07, 6.45) is 2.44. The summed E-state index contributed by atoms with van der Waals surface area (Å²) in [7, 11) is 1.80. The zero-order valence-corrected chi connectivity index (χ0v) is 16.7. The van der Waals surface area contributed by atoms with Gasteiger partial charge in [0.05, 0.1) is 6.54 Å². The number of carbonyl (C=O) groups excluding carboxylic acids is 2. The van der Waals surface area contributed by atoms with Gasteiger partial charge in [0.15, 0.2) is 0 Å². The lowest BCUT2D eigenvalue weighted by molar-refractivity contribution is -0.115. The van der Waals surface area contributed by atoms with Crippen molar-refractivity contribution in [3.8, 4) is 0 Å². The Morgan fingerprint density at radius 3 is 2.60 bits per heavy atom. The van der Waals surface area contributed by atoms with Crippen LogP contribution in [-0.2, 0) is 11.3 Å². The Hall–Kier alpha value is -1.79. The Morgan fingerprint density at radius 2 is 1.96 bits per heavy atom. The number of thiophene rings is 1. The predicted molar refractivity (Wildman–Crippen MR) is 108 cm³/mol. The lowest BCUT2D eigenvalue weighted by atomic mass is 10.1. The van der Waals surface area contributed by atoms with E-state index < -0.39 is 0 Å². The van der Waals surface area contributed by atoms with Crippen LogP contribution < -0.4 is 5.32 Å². The zero-order valence-electron chi connectivity index (χ0n) is 15.1. The third-order valence-electron chi connectivity index (χ3n) is 3.99. The van der Waals surface area contributed by atoms with Gasteiger partial charge >= 0.3 is 0 Å². The molecule has 2 aromatic rings. The molecule has 25 heavy (non-hydrogen) atoms. The monoisotopic (exact) mass is 376 g/mol. The summed E-state index contributed by atoms with van der Waals surface area (Å²) in [5.41, 5.74) is 3.45. The molecule has 6 heteroatoms. The van der Waals surface area contributed by atoms with Gasteiger partial charge in [0.2, 0.25) is 5.91 Å². The summed E-state index contributed by atoms with van der Waals surface area (Å²) in [5, 5.41) is 4.95. The van der Waals surface area contributed by atoms with Crippen LogP contribution in [0.1, 0.15) is 32.8 Å². The SMILES string of the molecule is CSCCC(=O)Nc1cc(C(=O)N(C)Cc2sccc2C)ccc1C. The van der Waals surface area contributed by atoms with Crippen LogP contribution in [0.15, 0.2) is 29.6 Å². The Kier molecular flexibility index (Phi) is 7.08. The van der Waals surface area contributed by atoms with E-state index in [-0.39, 0.29) is 11.8 Å². The molecule has 1 N–H and O–H groups in total. The van der Waals surface area contributed by atoms with Crippen LogP contribution >= 0.6 is 23.1 Å². The van der Waals surface area contributed by atoms with Crippen molar-refractivity contribution < 1.29 is 9.59 Å². The van der Waals surface area contributed by atoms with Crippen molar-refractivity contribution in [1.82, 2.24) is 4.90 Å². The van der Waals surface area contributed by atoms with Gasteiger partial charge in [0, 0.05) is 35.3 Å². The standard InChI is InChI=1S/C19H24N2O2S2/c1-13-5-6-15(11-16(13)20-18(22)8-9-24-4)19(23)21(3)12-17-14(2)7-10-25-17/h5-7,10-11H,8-9,12H2,1-4H3,(H,20,22). The number of benzene rings is 1. The topological polar surface area (TPSA) is 49.4 Å². The second kappa shape index (κ2) is 9.06. The van der Waals surface area contributed by atoms with E-state index in [2.05, 4.69) is 18.3 Å². The molecule has 0 saturated carbocycles. The number of anilines is 1. The number of nitrogens with one attached hydrogen (secondary N) is 1. The number of hydrogen-bond donors (Lipinski definition) is 1. The highest BCUT2D eigenvalue weighted by Gasteiger charge is 2.15. The lowest BCUT2D eigenvalue weighted by Crippen LogP contribution is -2.26. The van der Waals surface area contributed by atoms with E-state index in [1.165, 1.54) is 10.4 Å². The molecule has 1 aromatic heterocycles. The van der Waals surface area contributed by atoms with Crippen LogP contribution in [0.3, 0.4) is 0 Å². The normalized spacial score (nSPS) is 10.6. The molecule has 1 aromatic carbocycles. The number of amides is 2. The van der Waals surface area contributed by atoms with E-state index in [1.54, 1.807) is 41.1 Å². The van der Waals surface area contributed by atoms with Crippen molar-refractivity contribution in [2.24, 2.45) is 0 Å². The summed E-state index contributed by atoms with van der Waals surface area (Å²) in [6.45, 7) is 4.57. The molecule has 2 amide bonds. The molecule has 0 unspecified atom stereocenters. The summed E-state index contributed by atoms with van der Waals surface area (Å²) >= 11 is 3.30. The molecular formula is C19H24N2O2S2. The van der Waals surface area contributed by atoms with Crippen LogP contribution in [0, 0.1) is 13.8 Å². The maximum atomic E-state index is 12.7. The van der Waals surface area contributed by atoms with Gasteiger partial charge in [-0.25, -0.2) is 0 Å².